The number of nitrogens with zero attached hydrogens (tertiary/aromatic N) is 6. The minimum atomic E-state index is -1.59. The van der Waals surface area contributed by atoms with Gasteiger partial charge >= 0.3 is 11.6 Å². The Morgan fingerprint density at radius 3 is 2.21 bits per heavy atom. The van der Waals surface area contributed by atoms with Crippen molar-refractivity contribution in [3.63, 3.8) is 0 Å². The molecular formula is C49H44IN9O6S2. The number of ether oxygens (including phenoxy) is 2. The lowest BCUT2D eigenvalue weighted by Gasteiger charge is -2.51. The smallest absolute Gasteiger partial charge is 0.355 e. The highest BCUT2D eigenvalue weighted by atomic mass is 127. The number of thioether (sulfide) groups is 1. The lowest BCUT2D eigenvalue weighted by molar-refractivity contribution is -0.664. The molecule has 67 heavy (non-hydrogen) atoms. The van der Waals surface area contributed by atoms with Crippen molar-refractivity contribution in [1.29, 1.82) is 0 Å². The summed E-state index contributed by atoms with van der Waals surface area (Å²) in [6.45, 7) is 0.177. The van der Waals surface area contributed by atoms with Gasteiger partial charge in [-0.2, -0.15) is 0 Å². The lowest BCUT2D eigenvalue weighted by Crippen LogP contribution is -3.00. The largest absolute Gasteiger partial charge is 1.00 e. The molecular weight excluding hydrogens is 1000 g/mol. The number of esters is 1. The molecule has 1 fully saturated rings. The molecule has 0 aliphatic carbocycles. The molecule has 2 aliphatic rings. The van der Waals surface area contributed by atoms with Crippen molar-refractivity contribution >= 4 is 63.7 Å². The molecule has 0 spiro atoms. The van der Waals surface area contributed by atoms with E-state index in [9.17, 15) is 14.4 Å². The highest BCUT2D eigenvalue weighted by Crippen LogP contribution is 2.55. The maximum absolute atomic E-state index is 14.7. The zero-order valence-corrected chi connectivity index (χ0v) is 40.0. The number of rotatable bonds is 16. The van der Waals surface area contributed by atoms with Crippen molar-refractivity contribution in [2.24, 2.45) is 5.16 Å². The minimum Gasteiger partial charge on any atom is -1.00 e. The molecule has 3 aromatic heterocycles. The number of nitrogens with one attached hydrogen (secondary N) is 2. The fourth-order valence-electron chi connectivity index (χ4n) is 8.22. The number of benzene rings is 4. The van der Waals surface area contributed by atoms with Gasteiger partial charge in [-0.15, -0.1) is 11.3 Å². The number of nitrogen functional groups attached to an aromatic ring is 1. The first-order valence-corrected chi connectivity index (χ1v) is 22.6. The Kier molecular flexibility index (Phi) is 14.0. The fourth-order valence-corrected chi connectivity index (χ4v) is 10.8. The van der Waals surface area contributed by atoms with E-state index in [1.54, 1.807) is 54.2 Å². The number of amides is 2. The van der Waals surface area contributed by atoms with Crippen molar-refractivity contribution < 1.29 is 57.2 Å². The third-order valence-electron chi connectivity index (χ3n) is 11.3. The number of anilines is 2. The van der Waals surface area contributed by atoms with Crippen LogP contribution in [0.25, 0.3) is 5.65 Å². The van der Waals surface area contributed by atoms with E-state index in [4.69, 9.17) is 25.0 Å². The predicted molar refractivity (Wildman–Crippen MR) is 252 cm³/mol. The number of hydrogen-bond donors (Lipinski definition) is 3. The molecule has 4 N–H and O–H groups in total. The second-order valence-electron chi connectivity index (χ2n) is 15.2. The van der Waals surface area contributed by atoms with E-state index in [0.29, 0.717) is 33.6 Å². The molecule has 2 atom stereocenters. The Balaban J connectivity index is 0.00000608. The van der Waals surface area contributed by atoms with Gasteiger partial charge in [0.15, 0.2) is 10.0 Å². The van der Waals surface area contributed by atoms with E-state index in [1.807, 2.05) is 82.9 Å². The first kappa shape index (κ1) is 46.5. The number of carbonyl (C=O) groups is 3. The normalized spacial score (nSPS) is 16.9. The number of thiazole rings is 1. The summed E-state index contributed by atoms with van der Waals surface area (Å²) in [4.78, 5) is 52.5. The maximum atomic E-state index is 14.7. The van der Waals surface area contributed by atoms with Crippen LogP contribution in [0.1, 0.15) is 34.4 Å². The summed E-state index contributed by atoms with van der Waals surface area (Å²) >= 11 is 2.63. The van der Waals surface area contributed by atoms with Crippen LogP contribution in [0.5, 0.6) is 5.75 Å². The number of methoxy groups -OCH3 is 1. The molecule has 1 unspecified atom stereocenters. The van der Waals surface area contributed by atoms with Crippen LogP contribution in [-0.4, -0.2) is 63.1 Å². The van der Waals surface area contributed by atoms with Crippen molar-refractivity contribution in [3.05, 3.63) is 197 Å². The van der Waals surface area contributed by atoms with E-state index in [1.165, 1.54) is 35.1 Å². The third kappa shape index (κ3) is 9.11. The van der Waals surface area contributed by atoms with Gasteiger partial charge in [0.1, 0.15) is 43.5 Å². The Labute approximate surface area is 411 Å². The number of nitrogens with two attached hydrogens (primary N) is 1. The molecule has 18 heteroatoms. The second-order valence-corrected chi connectivity index (χ2v) is 17.5. The average Bonchev–Trinajstić information content (AvgIpc) is 4.05. The number of oxime groups is 1. The summed E-state index contributed by atoms with van der Waals surface area (Å²) in [7, 11) is 2.91. The van der Waals surface area contributed by atoms with Crippen molar-refractivity contribution in [1.82, 2.24) is 24.8 Å². The Morgan fingerprint density at radius 1 is 0.940 bits per heavy atom. The molecule has 15 nitrogen and oxygen atoms in total. The summed E-state index contributed by atoms with van der Waals surface area (Å²) in [5.74, 6) is -0.577. The van der Waals surface area contributed by atoms with E-state index >= 15 is 0 Å². The van der Waals surface area contributed by atoms with E-state index in [0.717, 1.165) is 22.9 Å². The van der Waals surface area contributed by atoms with Crippen LogP contribution >= 0.6 is 23.1 Å². The van der Waals surface area contributed by atoms with Crippen LogP contribution in [0.4, 0.5) is 10.9 Å². The summed E-state index contributed by atoms with van der Waals surface area (Å²) in [6, 6.07) is 41.1. The Morgan fingerprint density at radius 2 is 1.60 bits per heavy atom. The molecule has 9 rings (SSSR count). The average molecular weight is 1050 g/mol. The van der Waals surface area contributed by atoms with E-state index in [2.05, 4.69) is 57.3 Å². The predicted octanol–water partition coefficient (Wildman–Crippen LogP) is 3.54. The van der Waals surface area contributed by atoms with Gasteiger partial charge in [-0.25, -0.2) is 14.3 Å². The van der Waals surface area contributed by atoms with Gasteiger partial charge in [0.2, 0.25) is 11.7 Å². The molecule has 0 saturated carbocycles. The zero-order chi connectivity index (χ0) is 45.7. The number of fused-ring (bicyclic) bond motifs is 2. The van der Waals surface area contributed by atoms with Gasteiger partial charge < -0.3 is 54.7 Å². The van der Waals surface area contributed by atoms with Crippen LogP contribution in [0, 0.1) is 0 Å². The summed E-state index contributed by atoms with van der Waals surface area (Å²) < 4.78 is 14.9. The second kappa shape index (κ2) is 20.2. The third-order valence-corrected chi connectivity index (χ3v) is 13.6. The Hall–Kier alpha value is -7.03. The minimum absolute atomic E-state index is 0. The zero-order valence-electron chi connectivity index (χ0n) is 36.2. The van der Waals surface area contributed by atoms with Gasteiger partial charge in [0, 0.05) is 17.0 Å². The lowest BCUT2D eigenvalue weighted by atomic mass is 9.77. The monoisotopic (exact) mass is 1050 g/mol. The standard InChI is InChI=1S/C49H43N9O6S2.HI/c1-62-37-22-20-33(21-23-37)31-64-46(61)45-38(19-12-27-56-28-25-40(50)58-42(56)24-26-51-58)49(54-41(59)30-52-63-2,66-44-29-43(60)57(44)45)39-32-65-47(53-39)55-48(34-13-6-3-7-14-34,35-15-8-4-9-16-35)36-17-10-5-11-18-36;/h3-26,28,30,32,44,50H,27,29,31H2,1-2H3,(H2,53,54,55,59);1H/t44-,49?;/m0./s1. The van der Waals surface area contributed by atoms with Gasteiger partial charge in [-0.3, -0.25) is 14.5 Å². The van der Waals surface area contributed by atoms with Crippen molar-refractivity contribution in [3.8, 4) is 5.75 Å². The highest BCUT2D eigenvalue weighted by Gasteiger charge is 2.57. The van der Waals surface area contributed by atoms with Crippen molar-refractivity contribution in [2.45, 2.75) is 35.4 Å². The molecule has 0 bridgehead atoms. The SMILES string of the molecule is CON=CC(=O)NC1(c2csc(NC(c3ccccc3)(c3ccccc3)c3ccccc3)n2)S[C@H]2CC(=O)N2C(C(=O)OCc2ccc(OC)cc2)=C1C=CC[n+]1ccc(N)n2nccc21.[I-]. The number of halogens is 1. The highest BCUT2D eigenvalue weighted by molar-refractivity contribution is 8.01. The van der Waals surface area contributed by atoms with Crippen LogP contribution in [0.3, 0.4) is 0 Å². The Bertz CT molecular complexity index is 2890. The molecule has 2 amide bonds. The molecule has 5 heterocycles. The van der Waals surface area contributed by atoms with E-state index < -0.39 is 27.7 Å². The number of carbonyl (C=O) groups excluding carboxylic acids is 3. The number of allylic oxidation sites excluding steroid dienone is 1. The maximum Gasteiger partial charge on any atom is 0.355 e. The molecule has 340 valence electrons. The summed E-state index contributed by atoms with van der Waals surface area (Å²) in [6.07, 6.45) is 8.15. The van der Waals surface area contributed by atoms with Crippen LogP contribution in [-0.2, 0) is 47.5 Å². The van der Waals surface area contributed by atoms with Gasteiger partial charge in [-0.1, -0.05) is 136 Å². The summed E-state index contributed by atoms with van der Waals surface area (Å²) in [5, 5.41) is 16.9. The van der Waals surface area contributed by atoms with Gasteiger partial charge in [-0.05, 0) is 40.5 Å². The van der Waals surface area contributed by atoms with Gasteiger partial charge in [0.25, 0.3) is 5.91 Å². The molecule has 7 aromatic rings. The summed E-state index contributed by atoms with van der Waals surface area (Å²) in [5.41, 5.74) is 10.2. The topological polar surface area (TPSA) is 179 Å². The molecule has 4 aromatic carbocycles. The number of aromatic nitrogens is 4. The molecule has 0 radical (unpaired) electrons. The van der Waals surface area contributed by atoms with Crippen LogP contribution in [0.2, 0.25) is 0 Å². The molecule has 1 saturated heterocycles. The molecule has 2 aliphatic heterocycles. The van der Waals surface area contributed by atoms with E-state index in [-0.39, 0.29) is 60.7 Å². The van der Waals surface area contributed by atoms with Crippen LogP contribution in [0.15, 0.2) is 174 Å². The van der Waals surface area contributed by atoms with Crippen LogP contribution < -0.4 is 49.6 Å². The number of β-lactam (4-membered cyclic amide) rings is 1. The van der Waals surface area contributed by atoms with Gasteiger partial charge in [0.05, 0.1) is 43.1 Å². The van der Waals surface area contributed by atoms with Crippen molar-refractivity contribution in [2.75, 3.05) is 25.3 Å². The first-order chi connectivity index (χ1) is 32.2. The fraction of sp³-hybridized carbons (Fsp3) is 0.163. The number of hydrogen-bond acceptors (Lipinski definition) is 13. The quantitative estimate of drug-likeness (QED) is 0.0246. The first-order valence-electron chi connectivity index (χ1n) is 20.9.